The first-order valence-electron chi connectivity index (χ1n) is 4.65. The maximum Gasteiger partial charge on any atom is 0.140 e. The van der Waals surface area contributed by atoms with E-state index < -0.39 is 17.0 Å². The Hall–Kier alpha value is -0.950. The van der Waals surface area contributed by atoms with Gasteiger partial charge in [0.25, 0.3) is 0 Å². The number of nitrogens with zero attached hydrogens (tertiary/aromatic N) is 1. The van der Waals surface area contributed by atoms with Gasteiger partial charge >= 0.3 is 0 Å². The zero-order valence-corrected chi connectivity index (χ0v) is 9.44. The molecule has 0 unspecified atom stereocenters. The SMILES string of the molecule is N#CC1(c2cc(F)c(Br)c(F)c2)CCC1. The Balaban J connectivity index is 2.51. The molecule has 0 N–H and O–H groups in total. The van der Waals surface area contributed by atoms with Crippen LogP contribution < -0.4 is 0 Å². The van der Waals surface area contributed by atoms with Gasteiger partial charge in [-0.3, -0.25) is 0 Å². The maximum atomic E-state index is 13.3. The molecule has 1 fully saturated rings. The quantitative estimate of drug-likeness (QED) is 0.715. The van der Waals surface area contributed by atoms with Crippen molar-refractivity contribution < 1.29 is 8.78 Å². The van der Waals surface area contributed by atoms with Crippen molar-refractivity contribution in [2.45, 2.75) is 24.7 Å². The summed E-state index contributed by atoms with van der Waals surface area (Å²) in [5, 5.41) is 9.03. The minimum absolute atomic E-state index is 0.168. The molecule has 0 amide bonds. The minimum Gasteiger partial charge on any atom is -0.206 e. The standard InChI is InChI=1S/C11H8BrF2N/c12-10-8(13)4-7(5-9(10)14)11(6-15)2-1-3-11/h4-5H,1-3H2. The summed E-state index contributed by atoms with van der Waals surface area (Å²) in [5.74, 6) is -1.29. The van der Waals surface area contributed by atoms with Crippen LogP contribution in [0.25, 0.3) is 0 Å². The van der Waals surface area contributed by atoms with E-state index in [1.54, 1.807) is 0 Å². The van der Waals surface area contributed by atoms with Crippen LogP contribution in [0, 0.1) is 23.0 Å². The molecule has 1 aliphatic carbocycles. The Bertz CT molecular complexity index is 423. The third kappa shape index (κ3) is 1.55. The van der Waals surface area contributed by atoms with E-state index in [4.69, 9.17) is 5.26 Å². The van der Waals surface area contributed by atoms with Crippen LogP contribution in [0.5, 0.6) is 0 Å². The molecule has 0 bridgehead atoms. The summed E-state index contributed by atoms with van der Waals surface area (Å²) in [6, 6.07) is 4.65. The topological polar surface area (TPSA) is 23.8 Å². The first-order valence-corrected chi connectivity index (χ1v) is 5.45. The summed E-state index contributed by atoms with van der Waals surface area (Å²) in [7, 11) is 0. The zero-order valence-electron chi connectivity index (χ0n) is 7.86. The second-order valence-corrected chi connectivity index (χ2v) is 4.59. The lowest BCUT2D eigenvalue weighted by molar-refractivity contribution is 0.321. The van der Waals surface area contributed by atoms with E-state index in [1.165, 1.54) is 12.1 Å². The lowest BCUT2D eigenvalue weighted by atomic mass is 9.65. The Labute approximate surface area is 94.8 Å². The van der Waals surface area contributed by atoms with Gasteiger partial charge in [-0.1, -0.05) is 0 Å². The van der Waals surface area contributed by atoms with E-state index in [-0.39, 0.29) is 4.47 Å². The normalized spacial score (nSPS) is 18.0. The highest BCUT2D eigenvalue weighted by Gasteiger charge is 2.39. The van der Waals surface area contributed by atoms with Crippen LogP contribution in [0.15, 0.2) is 16.6 Å². The van der Waals surface area contributed by atoms with Gasteiger partial charge in [0.15, 0.2) is 0 Å². The molecule has 0 atom stereocenters. The molecule has 1 aromatic rings. The van der Waals surface area contributed by atoms with Gasteiger partial charge in [0.05, 0.1) is 16.0 Å². The molecule has 0 aromatic heterocycles. The number of benzene rings is 1. The molecule has 0 aliphatic heterocycles. The molecule has 0 spiro atoms. The molecule has 15 heavy (non-hydrogen) atoms. The van der Waals surface area contributed by atoms with E-state index >= 15 is 0 Å². The van der Waals surface area contributed by atoms with E-state index in [0.29, 0.717) is 18.4 Å². The molecular formula is C11H8BrF2N. The maximum absolute atomic E-state index is 13.3. The summed E-state index contributed by atoms with van der Waals surface area (Å²) in [5.41, 5.74) is -0.211. The van der Waals surface area contributed by atoms with Crippen molar-refractivity contribution in [3.63, 3.8) is 0 Å². The molecular weight excluding hydrogens is 264 g/mol. The fraction of sp³-hybridized carbons (Fsp3) is 0.364. The van der Waals surface area contributed by atoms with Crippen LogP contribution in [-0.4, -0.2) is 0 Å². The van der Waals surface area contributed by atoms with Crippen molar-refractivity contribution in [3.8, 4) is 6.07 Å². The number of hydrogen-bond acceptors (Lipinski definition) is 1. The Morgan fingerprint density at radius 1 is 1.27 bits per heavy atom. The number of rotatable bonds is 1. The third-order valence-corrected chi connectivity index (χ3v) is 3.72. The summed E-state index contributed by atoms with van der Waals surface area (Å²) >= 11 is 2.81. The Morgan fingerprint density at radius 2 is 1.80 bits per heavy atom. The van der Waals surface area contributed by atoms with Gasteiger partial charge in [0, 0.05) is 0 Å². The van der Waals surface area contributed by atoms with Crippen LogP contribution in [0.1, 0.15) is 24.8 Å². The van der Waals surface area contributed by atoms with Gasteiger partial charge in [-0.25, -0.2) is 8.78 Å². The molecule has 1 aliphatic rings. The van der Waals surface area contributed by atoms with Crippen LogP contribution in [0.4, 0.5) is 8.78 Å². The molecule has 4 heteroatoms. The molecule has 1 aromatic carbocycles. The molecule has 0 radical (unpaired) electrons. The molecule has 0 heterocycles. The highest BCUT2D eigenvalue weighted by molar-refractivity contribution is 9.10. The van der Waals surface area contributed by atoms with Crippen molar-refractivity contribution in [2.75, 3.05) is 0 Å². The zero-order chi connectivity index (χ0) is 11.1. The number of halogens is 3. The van der Waals surface area contributed by atoms with Gasteiger partial charge in [-0.2, -0.15) is 5.26 Å². The van der Waals surface area contributed by atoms with Crippen molar-refractivity contribution >= 4 is 15.9 Å². The van der Waals surface area contributed by atoms with Gasteiger partial charge in [0.1, 0.15) is 11.6 Å². The first kappa shape index (κ1) is 10.6. The van der Waals surface area contributed by atoms with Crippen molar-refractivity contribution in [1.82, 2.24) is 0 Å². The van der Waals surface area contributed by atoms with Crippen LogP contribution in [0.3, 0.4) is 0 Å². The predicted octanol–water partition coefficient (Wildman–Crippen LogP) is 3.67. The fourth-order valence-electron chi connectivity index (χ4n) is 1.83. The highest BCUT2D eigenvalue weighted by atomic mass is 79.9. The van der Waals surface area contributed by atoms with Gasteiger partial charge in [0.2, 0.25) is 0 Å². The summed E-state index contributed by atoms with van der Waals surface area (Å²) in [4.78, 5) is 0. The van der Waals surface area contributed by atoms with Gasteiger partial charge < -0.3 is 0 Å². The number of hydrogen-bond donors (Lipinski definition) is 0. The van der Waals surface area contributed by atoms with Crippen LogP contribution >= 0.6 is 15.9 Å². The Morgan fingerprint density at radius 3 is 2.13 bits per heavy atom. The average molecular weight is 272 g/mol. The van der Waals surface area contributed by atoms with Crippen LogP contribution in [-0.2, 0) is 5.41 Å². The van der Waals surface area contributed by atoms with Crippen LogP contribution in [0.2, 0.25) is 0 Å². The molecule has 1 saturated carbocycles. The van der Waals surface area contributed by atoms with Crippen molar-refractivity contribution in [3.05, 3.63) is 33.8 Å². The fourth-order valence-corrected chi connectivity index (χ4v) is 2.06. The van der Waals surface area contributed by atoms with E-state index in [2.05, 4.69) is 22.0 Å². The third-order valence-electron chi connectivity index (χ3n) is 2.96. The smallest absolute Gasteiger partial charge is 0.140 e. The summed E-state index contributed by atoms with van der Waals surface area (Å²) < 4.78 is 26.4. The second-order valence-electron chi connectivity index (χ2n) is 3.80. The average Bonchev–Trinajstić information content (AvgIpc) is 2.13. The summed E-state index contributed by atoms with van der Waals surface area (Å²) in [6.45, 7) is 0. The van der Waals surface area contributed by atoms with Gasteiger partial charge in [-0.15, -0.1) is 0 Å². The van der Waals surface area contributed by atoms with Crippen molar-refractivity contribution in [2.24, 2.45) is 0 Å². The predicted molar refractivity (Wildman–Crippen MR) is 55.2 cm³/mol. The molecule has 0 saturated heterocycles. The minimum atomic E-state index is -0.664. The summed E-state index contributed by atoms with van der Waals surface area (Å²) in [6.07, 6.45) is 2.31. The largest absolute Gasteiger partial charge is 0.206 e. The lowest BCUT2D eigenvalue weighted by Crippen LogP contribution is -2.32. The second kappa shape index (κ2) is 3.57. The van der Waals surface area contributed by atoms with Crippen molar-refractivity contribution in [1.29, 1.82) is 5.26 Å². The van der Waals surface area contributed by atoms with Gasteiger partial charge in [-0.05, 0) is 52.9 Å². The first-order chi connectivity index (χ1) is 7.09. The molecule has 2 rings (SSSR count). The number of nitriles is 1. The molecule has 1 nitrogen and oxygen atoms in total. The van der Waals surface area contributed by atoms with E-state index in [1.807, 2.05) is 0 Å². The highest BCUT2D eigenvalue weighted by Crippen LogP contribution is 2.44. The van der Waals surface area contributed by atoms with E-state index in [9.17, 15) is 8.78 Å². The van der Waals surface area contributed by atoms with E-state index in [0.717, 1.165) is 6.42 Å². The Kier molecular flexibility index (Phi) is 2.51. The molecule has 78 valence electrons. The monoisotopic (exact) mass is 271 g/mol. The lowest BCUT2D eigenvalue weighted by Gasteiger charge is -2.35.